The van der Waals surface area contributed by atoms with E-state index >= 15 is 0 Å². The summed E-state index contributed by atoms with van der Waals surface area (Å²) in [4.78, 5) is 21.7. The van der Waals surface area contributed by atoms with E-state index < -0.39 is 14.6 Å². The fourth-order valence-corrected chi connectivity index (χ4v) is 7.71. The number of sulfone groups is 1. The molecule has 0 unspecified atom stereocenters. The van der Waals surface area contributed by atoms with E-state index in [0.717, 1.165) is 35.5 Å². The fourth-order valence-electron chi connectivity index (χ4n) is 5.25. The summed E-state index contributed by atoms with van der Waals surface area (Å²) >= 11 is 7.50. The number of carbonyl (C=O) groups is 1. The lowest BCUT2D eigenvalue weighted by Gasteiger charge is -2.69. The van der Waals surface area contributed by atoms with Gasteiger partial charge in [0.25, 0.3) is 5.91 Å². The largest absolute Gasteiger partial charge is 0.454 e. The number of nitrogens with one attached hydrogen (secondary N) is 1. The van der Waals surface area contributed by atoms with Crippen molar-refractivity contribution in [3.05, 3.63) is 57.5 Å². The highest BCUT2D eigenvalue weighted by molar-refractivity contribution is 7.91. The highest BCUT2D eigenvalue weighted by Gasteiger charge is 2.70. The number of carbonyl (C=O) groups excluding carboxylic acids is 1. The topological polar surface area (TPSA) is 102 Å². The van der Waals surface area contributed by atoms with Gasteiger partial charge in [-0.2, -0.15) is 0 Å². The molecule has 0 radical (unpaired) electrons. The maximum absolute atomic E-state index is 12.8. The predicted molar refractivity (Wildman–Crippen MR) is 121 cm³/mol. The second-order valence-electron chi connectivity index (χ2n) is 9.38. The van der Waals surface area contributed by atoms with E-state index in [0.29, 0.717) is 23.8 Å². The molecule has 0 saturated heterocycles. The van der Waals surface area contributed by atoms with E-state index in [2.05, 4.69) is 10.3 Å². The number of rotatable bonds is 6. The number of halogens is 1. The van der Waals surface area contributed by atoms with Crippen LogP contribution in [0.3, 0.4) is 0 Å². The van der Waals surface area contributed by atoms with Crippen LogP contribution in [0.2, 0.25) is 5.15 Å². The third kappa shape index (κ3) is 2.90. The van der Waals surface area contributed by atoms with Gasteiger partial charge in [-0.25, -0.2) is 18.4 Å². The first-order valence-electron chi connectivity index (χ1n) is 10.3. The average Bonchev–Trinajstić information content (AvgIpc) is 3.14. The minimum atomic E-state index is -3.28. The predicted octanol–water partition coefficient (Wildman–Crippen LogP) is 4.09. The normalized spacial score (nSPS) is 27.3. The summed E-state index contributed by atoms with van der Waals surface area (Å²) in [6.07, 6.45) is 6.55. The molecule has 7 nitrogen and oxygen atoms in total. The maximum atomic E-state index is 12.8. The van der Waals surface area contributed by atoms with Crippen LogP contribution in [-0.4, -0.2) is 36.1 Å². The monoisotopic (exact) mass is 489 g/mol. The van der Waals surface area contributed by atoms with Crippen LogP contribution in [-0.2, 0) is 20.0 Å². The van der Waals surface area contributed by atoms with Crippen LogP contribution in [0.15, 0.2) is 40.3 Å². The summed E-state index contributed by atoms with van der Waals surface area (Å²) in [5.41, 5.74) is 1.62. The van der Waals surface area contributed by atoms with Crippen molar-refractivity contribution in [1.82, 2.24) is 15.3 Å². The highest BCUT2D eigenvalue weighted by Crippen LogP contribution is 2.68. The Bertz CT molecular complexity index is 1340. The molecule has 3 aromatic rings. The van der Waals surface area contributed by atoms with E-state index in [-0.39, 0.29) is 22.6 Å². The van der Waals surface area contributed by atoms with Crippen LogP contribution < -0.4 is 5.32 Å². The lowest BCUT2D eigenvalue weighted by molar-refractivity contribution is -0.0812. The van der Waals surface area contributed by atoms with Crippen molar-refractivity contribution < 1.29 is 17.6 Å². The maximum Gasteiger partial charge on any atom is 0.287 e. The van der Waals surface area contributed by atoms with E-state index in [1.54, 1.807) is 35.7 Å². The molecule has 3 aromatic heterocycles. The number of hydrogen-bond acceptors (Lipinski definition) is 7. The number of pyridine rings is 1. The second-order valence-corrected chi connectivity index (χ2v) is 13.0. The SMILES string of the molecule is CS(=O)(=O)C1(c2ccc(C(=O)NC34CC(c5nc(-c6ccc(Cl)nc6)cs5)(C3)C4)o2)CC1. The van der Waals surface area contributed by atoms with Gasteiger partial charge in [-0.1, -0.05) is 11.6 Å². The Morgan fingerprint density at radius 2 is 1.94 bits per heavy atom. The molecule has 4 aliphatic rings. The third-order valence-corrected chi connectivity index (χ3v) is 10.4. The Kier molecular flexibility index (Phi) is 4.09. The summed E-state index contributed by atoms with van der Waals surface area (Å²) in [7, 11) is -3.28. The molecule has 166 valence electrons. The van der Waals surface area contributed by atoms with Gasteiger partial charge in [0.15, 0.2) is 15.6 Å². The van der Waals surface area contributed by atoms with Crippen molar-refractivity contribution in [2.75, 3.05) is 6.26 Å². The summed E-state index contributed by atoms with van der Waals surface area (Å²) in [5.74, 6) is 0.243. The van der Waals surface area contributed by atoms with Gasteiger partial charge in [-0.3, -0.25) is 4.79 Å². The molecule has 1 amide bonds. The van der Waals surface area contributed by atoms with Crippen molar-refractivity contribution in [2.24, 2.45) is 0 Å². The summed E-state index contributed by atoms with van der Waals surface area (Å²) in [6.45, 7) is 0. The Hall–Kier alpha value is -2.23. The summed E-state index contributed by atoms with van der Waals surface area (Å²) in [5, 5.41) is 6.68. The van der Waals surface area contributed by atoms with Crippen molar-refractivity contribution in [2.45, 2.75) is 47.8 Å². The summed E-state index contributed by atoms with van der Waals surface area (Å²) in [6, 6.07) is 6.85. The first kappa shape index (κ1) is 20.4. The second kappa shape index (κ2) is 6.42. The number of furan rings is 1. The molecule has 32 heavy (non-hydrogen) atoms. The summed E-state index contributed by atoms with van der Waals surface area (Å²) < 4.78 is 28.9. The molecule has 10 heteroatoms. The lowest BCUT2D eigenvalue weighted by Crippen LogP contribution is -2.76. The van der Waals surface area contributed by atoms with Gasteiger partial charge in [0.1, 0.15) is 15.7 Å². The molecule has 0 aromatic carbocycles. The standard InChI is InChI=1S/C22H20ClN3O4S2/c1-32(28,29)22(6-7-22)16-4-3-15(30-16)18(27)26-21-10-20(11-21,12-21)19-25-14(9-31-19)13-2-5-17(23)24-8-13/h2-5,8-9H,6-7,10-12H2,1H3,(H,26,27). The first-order valence-corrected chi connectivity index (χ1v) is 13.5. The quantitative estimate of drug-likeness (QED) is 0.523. The van der Waals surface area contributed by atoms with Crippen LogP contribution in [0, 0.1) is 0 Å². The van der Waals surface area contributed by atoms with Crippen molar-refractivity contribution in [3.63, 3.8) is 0 Å². The van der Waals surface area contributed by atoms with Gasteiger partial charge in [-0.15, -0.1) is 11.3 Å². The van der Waals surface area contributed by atoms with E-state index in [4.69, 9.17) is 21.0 Å². The van der Waals surface area contributed by atoms with Crippen LogP contribution in [0.5, 0.6) is 0 Å². The molecule has 7 rings (SSSR count). The van der Waals surface area contributed by atoms with E-state index in [1.807, 2.05) is 11.4 Å². The fraction of sp³-hybridized carbons (Fsp3) is 0.409. The Balaban J connectivity index is 1.12. The molecule has 2 bridgehead atoms. The van der Waals surface area contributed by atoms with E-state index in [9.17, 15) is 13.2 Å². The number of thiazole rings is 1. The van der Waals surface area contributed by atoms with E-state index in [1.165, 1.54) is 6.26 Å². The molecule has 3 heterocycles. The third-order valence-electron chi connectivity index (χ3n) is 7.08. The number of amides is 1. The van der Waals surface area contributed by atoms with Gasteiger partial charge in [0, 0.05) is 34.4 Å². The first-order chi connectivity index (χ1) is 15.1. The van der Waals surface area contributed by atoms with Gasteiger partial charge >= 0.3 is 0 Å². The molecule has 4 saturated carbocycles. The van der Waals surface area contributed by atoms with Gasteiger partial charge in [-0.05, 0) is 56.4 Å². The van der Waals surface area contributed by atoms with Crippen LogP contribution in [0.25, 0.3) is 11.3 Å². The Morgan fingerprint density at radius 1 is 1.19 bits per heavy atom. The highest BCUT2D eigenvalue weighted by atomic mass is 35.5. The number of hydrogen-bond donors (Lipinski definition) is 1. The molecular weight excluding hydrogens is 470 g/mol. The minimum Gasteiger partial charge on any atom is -0.454 e. The van der Waals surface area contributed by atoms with Crippen LogP contribution in [0.4, 0.5) is 0 Å². The molecule has 0 spiro atoms. The number of nitrogens with zero attached hydrogens (tertiary/aromatic N) is 2. The van der Waals surface area contributed by atoms with Crippen LogP contribution in [0.1, 0.15) is 53.4 Å². The zero-order chi connectivity index (χ0) is 22.4. The lowest BCUT2D eigenvalue weighted by atomic mass is 9.39. The molecule has 4 fully saturated rings. The Labute approximate surface area is 194 Å². The minimum absolute atomic E-state index is 0.0265. The smallest absolute Gasteiger partial charge is 0.287 e. The van der Waals surface area contributed by atoms with Gasteiger partial charge < -0.3 is 9.73 Å². The van der Waals surface area contributed by atoms with Gasteiger partial charge in [0.05, 0.1) is 10.7 Å². The average molecular weight is 490 g/mol. The molecule has 4 aliphatic carbocycles. The molecule has 1 N–H and O–H groups in total. The van der Waals surface area contributed by atoms with Crippen molar-refractivity contribution in [1.29, 1.82) is 0 Å². The number of aromatic nitrogens is 2. The van der Waals surface area contributed by atoms with Gasteiger partial charge in [0.2, 0.25) is 0 Å². The van der Waals surface area contributed by atoms with Crippen molar-refractivity contribution >= 4 is 38.7 Å². The molecular formula is C22H20ClN3O4S2. The van der Waals surface area contributed by atoms with Crippen LogP contribution >= 0.6 is 22.9 Å². The zero-order valence-electron chi connectivity index (χ0n) is 17.2. The zero-order valence-corrected chi connectivity index (χ0v) is 19.6. The molecule has 0 aliphatic heterocycles. The van der Waals surface area contributed by atoms with Crippen molar-refractivity contribution in [3.8, 4) is 11.3 Å². The molecule has 0 atom stereocenters. The Morgan fingerprint density at radius 3 is 2.56 bits per heavy atom.